The van der Waals surface area contributed by atoms with E-state index in [0.29, 0.717) is 0 Å². The third kappa shape index (κ3) is 4.60. The van der Waals surface area contributed by atoms with Crippen molar-refractivity contribution in [3.8, 4) is 0 Å². The quantitative estimate of drug-likeness (QED) is 0.908. The highest BCUT2D eigenvalue weighted by atomic mass is 16.5. The van der Waals surface area contributed by atoms with Crippen molar-refractivity contribution in [2.45, 2.75) is 32.9 Å². The van der Waals surface area contributed by atoms with Crippen LogP contribution in [0.5, 0.6) is 0 Å². The van der Waals surface area contributed by atoms with Gasteiger partial charge in [-0.25, -0.2) is 4.79 Å². The topological polar surface area (TPSA) is 61.6 Å². The number of hydrogen-bond acceptors (Lipinski definition) is 4. The van der Waals surface area contributed by atoms with Crippen LogP contribution in [0, 0.1) is 0 Å². The van der Waals surface area contributed by atoms with Crippen LogP contribution in [-0.4, -0.2) is 47.2 Å². The second-order valence-corrected chi connectivity index (χ2v) is 6.52. The fourth-order valence-corrected chi connectivity index (χ4v) is 3.06. The van der Waals surface area contributed by atoms with Gasteiger partial charge >= 0.3 is 6.03 Å². The number of piperazine rings is 1. The molecule has 0 aliphatic carbocycles. The Morgan fingerprint density at radius 1 is 1.20 bits per heavy atom. The Bertz CT molecular complexity index is 661. The number of aryl methyl sites for hydroxylation is 1. The Hall–Kier alpha value is -2.34. The lowest BCUT2D eigenvalue weighted by Gasteiger charge is -2.34. The molecule has 134 valence electrons. The van der Waals surface area contributed by atoms with Crippen LogP contribution < -0.4 is 5.32 Å². The molecule has 6 heteroatoms. The molecule has 1 aromatic carbocycles. The zero-order chi connectivity index (χ0) is 17.6. The molecule has 6 nitrogen and oxygen atoms in total. The molecule has 0 spiro atoms. The maximum absolute atomic E-state index is 12.5. The van der Waals surface area contributed by atoms with Crippen LogP contribution in [0.4, 0.5) is 4.79 Å². The third-order valence-corrected chi connectivity index (χ3v) is 4.76. The molecule has 2 amide bonds. The van der Waals surface area contributed by atoms with Gasteiger partial charge < -0.3 is 14.7 Å². The molecule has 1 fully saturated rings. The predicted octanol–water partition coefficient (Wildman–Crippen LogP) is 2.83. The van der Waals surface area contributed by atoms with Crippen LogP contribution in [-0.2, 0) is 13.0 Å². The lowest BCUT2D eigenvalue weighted by atomic mass is 10.1. The Morgan fingerprint density at radius 2 is 1.92 bits per heavy atom. The van der Waals surface area contributed by atoms with Crippen molar-refractivity contribution in [2.75, 3.05) is 26.2 Å². The van der Waals surface area contributed by atoms with Gasteiger partial charge in [0.15, 0.2) is 0 Å². The number of benzene rings is 1. The van der Waals surface area contributed by atoms with E-state index in [-0.39, 0.29) is 12.1 Å². The van der Waals surface area contributed by atoms with Crippen LogP contribution in [0.15, 0.2) is 41.1 Å². The van der Waals surface area contributed by atoms with Crippen molar-refractivity contribution in [3.63, 3.8) is 0 Å². The number of hydrogen-bond donors (Lipinski definition) is 1. The highest BCUT2D eigenvalue weighted by Crippen LogP contribution is 2.15. The first-order valence-corrected chi connectivity index (χ1v) is 8.91. The molecule has 0 saturated carbocycles. The maximum Gasteiger partial charge on any atom is 0.317 e. The second-order valence-electron chi connectivity index (χ2n) is 6.52. The van der Waals surface area contributed by atoms with E-state index in [1.807, 2.05) is 17.9 Å². The van der Waals surface area contributed by atoms with Gasteiger partial charge in [0.2, 0.25) is 0 Å². The molecular weight excluding hydrogens is 316 g/mol. The molecule has 1 aromatic heterocycles. The van der Waals surface area contributed by atoms with Crippen LogP contribution in [0.2, 0.25) is 0 Å². The molecular formula is C19H26N4O2. The zero-order valence-electron chi connectivity index (χ0n) is 14.9. The summed E-state index contributed by atoms with van der Waals surface area (Å²) in [7, 11) is 0. The van der Waals surface area contributed by atoms with Gasteiger partial charge in [-0.15, -0.1) is 0 Å². The monoisotopic (exact) mass is 342 g/mol. The Kier molecular flexibility index (Phi) is 5.71. The molecule has 1 atom stereocenters. The van der Waals surface area contributed by atoms with Crippen molar-refractivity contribution < 1.29 is 9.32 Å². The standard InChI is InChI=1S/C19H26N4O2/c1-3-16-4-6-17(7-5-16)15(2)20-19(24)23-11-9-22(10-12-23)14-18-8-13-25-21-18/h4-8,13,15H,3,9-12,14H2,1-2H3,(H,20,24)/t15-/m1/s1. The first-order chi connectivity index (χ1) is 12.2. The number of nitrogens with one attached hydrogen (secondary N) is 1. The molecule has 1 aliphatic heterocycles. The van der Waals surface area contributed by atoms with E-state index in [4.69, 9.17) is 4.52 Å². The summed E-state index contributed by atoms with van der Waals surface area (Å²) in [4.78, 5) is 16.7. The van der Waals surface area contributed by atoms with Gasteiger partial charge in [0.25, 0.3) is 0 Å². The van der Waals surface area contributed by atoms with E-state index in [2.05, 4.69) is 46.6 Å². The smallest absolute Gasteiger partial charge is 0.317 e. The molecule has 1 aliphatic rings. The van der Waals surface area contributed by atoms with Gasteiger partial charge in [0.1, 0.15) is 6.26 Å². The van der Waals surface area contributed by atoms with Gasteiger partial charge in [-0.1, -0.05) is 36.3 Å². The summed E-state index contributed by atoms with van der Waals surface area (Å²) in [5.74, 6) is 0. The molecule has 0 radical (unpaired) electrons. The van der Waals surface area contributed by atoms with E-state index in [9.17, 15) is 4.79 Å². The van der Waals surface area contributed by atoms with Gasteiger partial charge in [0.05, 0.1) is 11.7 Å². The molecule has 1 N–H and O–H groups in total. The number of urea groups is 1. The summed E-state index contributed by atoms with van der Waals surface area (Å²) >= 11 is 0. The molecule has 2 aromatic rings. The van der Waals surface area contributed by atoms with Crippen molar-refractivity contribution in [3.05, 3.63) is 53.4 Å². The number of amides is 2. The minimum atomic E-state index is 0.00608. The number of rotatable bonds is 5. The van der Waals surface area contributed by atoms with E-state index in [1.165, 1.54) is 5.56 Å². The van der Waals surface area contributed by atoms with Gasteiger partial charge in [-0.3, -0.25) is 4.90 Å². The van der Waals surface area contributed by atoms with Gasteiger partial charge in [-0.2, -0.15) is 0 Å². The van der Waals surface area contributed by atoms with Gasteiger partial charge in [0, 0.05) is 38.8 Å². The third-order valence-electron chi connectivity index (χ3n) is 4.76. The van der Waals surface area contributed by atoms with Crippen LogP contribution in [0.1, 0.15) is 36.7 Å². The van der Waals surface area contributed by atoms with Crippen LogP contribution >= 0.6 is 0 Å². The summed E-state index contributed by atoms with van der Waals surface area (Å²) in [5.41, 5.74) is 3.38. The molecule has 2 heterocycles. The van der Waals surface area contributed by atoms with E-state index in [0.717, 1.165) is 50.4 Å². The lowest BCUT2D eigenvalue weighted by Crippen LogP contribution is -2.51. The minimum Gasteiger partial charge on any atom is -0.364 e. The number of carbonyl (C=O) groups is 1. The first kappa shape index (κ1) is 17.5. The fourth-order valence-electron chi connectivity index (χ4n) is 3.06. The summed E-state index contributed by atoms with van der Waals surface area (Å²) in [5, 5.41) is 7.05. The summed E-state index contributed by atoms with van der Waals surface area (Å²) in [6.07, 6.45) is 2.62. The number of nitrogens with zero attached hydrogens (tertiary/aromatic N) is 3. The maximum atomic E-state index is 12.5. The average Bonchev–Trinajstić information content (AvgIpc) is 3.15. The van der Waals surface area contributed by atoms with Crippen LogP contribution in [0.25, 0.3) is 0 Å². The highest BCUT2D eigenvalue weighted by molar-refractivity contribution is 5.74. The Balaban J connectivity index is 1.47. The SMILES string of the molecule is CCc1ccc([C@@H](C)NC(=O)N2CCN(Cc3ccon3)CC2)cc1. The minimum absolute atomic E-state index is 0.00608. The Labute approximate surface area is 148 Å². The molecule has 1 saturated heterocycles. The van der Waals surface area contributed by atoms with Crippen molar-refractivity contribution in [2.24, 2.45) is 0 Å². The summed E-state index contributed by atoms with van der Waals surface area (Å²) < 4.78 is 4.86. The normalized spacial score (nSPS) is 16.6. The number of aromatic nitrogens is 1. The molecule has 3 rings (SSSR count). The second kappa shape index (κ2) is 8.16. The first-order valence-electron chi connectivity index (χ1n) is 8.91. The molecule has 25 heavy (non-hydrogen) atoms. The molecule has 0 bridgehead atoms. The fraction of sp³-hybridized carbons (Fsp3) is 0.474. The molecule has 0 unspecified atom stereocenters. The van der Waals surface area contributed by atoms with E-state index >= 15 is 0 Å². The van der Waals surface area contributed by atoms with Gasteiger partial charge in [-0.05, 0) is 24.5 Å². The summed E-state index contributed by atoms with van der Waals surface area (Å²) in [6.45, 7) is 8.09. The van der Waals surface area contributed by atoms with E-state index in [1.54, 1.807) is 6.26 Å². The van der Waals surface area contributed by atoms with Crippen molar-refractivity contribution in [1.82, 2.24) is 20.3 Å². The Morgan fingerprint density at radius 3 is 2.52 bits per heavy atom. The zero-order valence-corrected chi connectivity index (χ0v) is 14.9. The predicted molar refractivity (Wildman–Crippen MR) is 96.1 cm³/mol. The highest BCUT2D eigenvalue weighted by Gasteiger charge is 2.22. The average molecular weight is 342 g/mol. The van der Waals surface area contributed by atoms with Crippen molar-refractivity contribution in [1.29, 1.82) is 0 Å². The number of carbonyl (C=O) groups excluding carboxylic acids is 1. The van der Waals surface area contributed by atoms with Crippen molar-refractivity contribution >= 4 is 6.03 Å². The largest absolute Gasteiger partial charge is 0.364 e. The lowest BCUT2D eigenvalue weighted by molar-refractivity contribution is 0.132. The summed E-state index contributed by atoms with van der Waals surface area (Å²) in [6, 6.07) is 10.3. The van der Waals surface area contributed by atoms with Crippen LogP contribution in [0.3, 0.4) is 0 Å². The van der Waals surface area contributed by atoms with E-state index < -0.39 is 0 Å².